The Morgan fingerprint density at radius 1 is 1.64 bits per heavy atom. The molecule has 1 nitrogen and oxygen atoms in total. The van der Waals surface area contributed by atoms with Gasteiger partial charge in [-0.2, -0.15) is 0 Å². The lowest BCUT2D eigenvalue weighted by molar-refractivity contribution is 0.0217. The van der Waals surface area contributed by atoms with Crippen molar-refractivity contribution < 1.29 is 5.11 Å². The van der Waals surface area contributed by atoms with Gasteiger partial charge >= 0.3 is 0 Å². The molecule has 1 fully saturated rings. The van der Waals surface area contributed by atoms with Crippen LogP contribution >= 0.6 is 0 Å². The van der Waals surface area contributed by atoms with E-state index in [4.69, 9.17) is 0 Å². The fraction of sp³-hybridized carbons (Fsp3) is 0.800. The molecule has 11 heavy (non-hydrogen) atoms. The van der Waals surface area contributed by atoms with Gasteiger partial charge in [-0.1, -0.05) is 19.1 Å². The summed E-state index contributed by atoms with van der Waals surface area (Å²) in [6.45, 7) is 10.0. The molecule has 1 aliphatic carbocycles. The van der Waals surface area contributed by atoms with E-state index in [1.165, 1.54) is 5.57 Å². The van der Waals surface area contributed by atoms with Crippen molar-refractivity contribution >= 4 is 0 Å². The second-order valence-electron chi connectivity index (χ2n) is 4.14. The predicted octanol–water partition coefficient (Wildman–Crippen LogP) is 2.36. The fourth-order valence-electron chi connectivity index (χ4n) is 2.03. The zero-order valence-corrected chi connectivity index (χ0v) is 7.72. The summed E-state index contributed by atoms with van der Waals surface area (Å²) in [6, 6.07) is 0. The smallest absolute Gasteiger partial charge is 0.0651 e. The predicted molar refractivity (Wildman–Crippen MR) is 47.3 cm³/mol. The number of allylic oxidation sites excluding steroid dienone is 1. The molecule has 1 heteroatoms. The van der Waals surface area contributed by atoms with E-state index >= 15 is 0 Å². The van der Waals surface area contributed by atoms with Crippen molar-refractivity contribution in [2.75, 3.05) is 0 Å². The molecular weight excluding hydrogens is 136 g/mol. The van der Waals surface area contributed by atoms with Crippen molar-refractivity contribution in [3.63, 3.8) is 0 Å². The molecule has 1 rings (SSSR count). The Morgan fingerprint density at radius 2 is 2.18 bits per heavy atom. The summed E-state index contributed by atoms with van der Waals surface area (Å²) in [6.07, 6.45) is 2.02. The molecule has 0 spiro atoms. The van der Waals surface area contributed by atoms with Crippen LogP contribution in [0, 0.1) is 11.8 Å². The molecule has 0 bridgehead atoms. The highest BCUT2D eigenvalue weighted by molar-refractivity contribution is 5.06. The lowest BCUT2D eigenvalue weighted by Gasteiger charge is -2.25. The maximum absolute atomic E-state index is 9.84. The van der Waals surface area contributed by atoms with Gasteiger partial charge in [0.1, 0.15) is 0 Å². The highest BCUT2D eigenvalue weighted by atomic mass is 16.3. The summed E-state index contributed by atoms with van der Waals surface area (Å²) in [4.78, 5) is 0. The maximum Gasteiger partial charge on any atom is 0.0651 e. The van der Waals surface area contributed by atoms with Crippen molar-refractivity contribution in [1.29, 1.82) is 0 Å². The van der Waals surface area contributed by atoms with E-state index in [-0.39, 0.29) is 0 Å². The summed E-state index contributed by atoms with van der Waals surface area (Å²) >= 11 is 0. The van der Waals surface area contributed by atoms with Crippen LogP contribution in [0.25, 0.3) is 0 Å². The highest BCUT2D eigenvalue weighted by Gasteiger charge is 2.40. The third-order valence-corrected chi connectivity index (χ3v) is 3.18. The third kappa shape index (κ3) is 1.48. The molecule has 0 unspecified atom stereocenters. The van der Waals surface area contributed by atoms with Gasteiger partial charge in [-0.05, 0) is 38.5 Å². The highest BCUT2D eigenvalue weighted by Crippen LogP contribution is 2.42. The molecule has 0 radical (unpaired) electrons. The average Bonchev–Trinajstić information content (AvgIpc) is 2.09. The molecule has 0 heterocycles. The first-order valence-corrected chi connectivity index (χ1v) is 4.33. The second-order valence-corrected chi connectivity index (χ2v) is 4.14. The molecule has 0 saturated heterocycles. The van der Waals surface area contributed by atoms with Crippen LogP contribution in [0.15, 0.2) is 12.2 Å². The molecule has 3 atom stereocenters. The monoisotopic (exact) mass is 154 g/mol. The summed E-state index contributed by atoms with van der Waals surface area (Å²) in [5.74, 6) is 0.907. The van der Waals surface area contributed by atoms with Crippen LogP contribution in [0.2, 0.25) is 0 Å². The number of hydrogen-bond donors (Lipinski definition) is 1. The van der Waals surface area contributed by atoms with Crippen LogP contribution in [-0.4, -0.2) is 10.7 Å². The summed E-state index contributed by atoms with van der Waals surface area (Å²) < 4.78 is 0. The summed E-state index contributed by atoms with van der Waals surface area (Å²) in [7, 11) is 0. The van der Waals surface area contributed by atoms with E-state index in [1.54, 1.807) is 0 Å². The van der Waals surface area contributed by atoms with Crippen LogP contribution in [-0.2, 0) is 0 Å². The first kappa shape index (κ1) is 8.79. The van der Waals surface area contributed by atoms with Crippen LogP contribution in [0.3, 0.4) is 0 Å². The lowest BCUT2D eigenvalue weighted by atomic mass is 9.86. The minimum Gasteiger partial charge on any atom is -0.390 e. The quantitative estimate of drug-likeness (QED) is 0.575. The topological polar surface area (TPSA) is 20.2 Å². The number of rotatable bonds is 1. The van der Waals surface area contributed by atoms with Gasteiger partial charge in [0, 0.05) is 0 Å². The molecule has 64 valence electrons. The van der Waals surface area contributed by atoms with Crippen molar-refractivity contribution in [3.05, 3.63) is 12.2 Å². The lowest BCUT2D eigenvalue weighted by Crippen LogP contribution is -2.29. The Morgan fingerprint density at radius 3 is 2.36 bits per heavy atom. The van der Waals surface area contributed by atoms with Gasteiger partial charge in [0.05, 0.1) is 5.60 Å². The normalized spacial score (nSPS) is 44.4. The van der Waals surface area contributed by atoms with E-state index in [0.29, 0.717) is 11.8 Å². The Bertz CT molecular complexity index is 170. The van der Waals surface area contributed by atoms with Crippen molar-refractivity contribution in [2.24, 2.45) is 11.8 Å². The molecule has 1 N–H and O–H groups in total. The minimum absolute atomic E-state index is 0.375. The SMILES string of the molecule is C=C(C)[C@@H]1CC[C@@](C)(O)[C@H]1C. The Labute approximate surface area is 69.1 Å². The van der Waals surface area contributed by atoms with E-state index in [9.17, 15) is 5.11 Å². The van der Waals surface area contributed by atoms with Gasteiger partial charge in [0.15, 0.2) is 0 Å². The molecule has 0 aromatic heterocycles. The number of hydrogen-bond acceptors (Lipinski definition) is 1. The van der Waals surface area contributed by atoms with Gasteiger partial charge in [0.2, 0.25) is 0 Å². The van der Waals surface area contributed by atoms with Gasteiger partial charge in [0.25, 0.3) is 0 Å². The Balaban J connectivity index is 2.71. The molecule has 0 amide bonds. The zero-order valence-electron chi connectivity index (χ0n) is 7.72. The van der Waals surface area contributed by atoms with E-state index < -0.39 is 5.60 Å². The molecule has 1 saturated carbocycles. The van der Waals surface area contributed by atoms with Crippen molar-refractivity contribution in [1.82, 2.24) is 0 Å². The largest absolute Gasteiger partial charge is 0.390 e. The van der Waals surface area contributed by atoms with Crippen molar-refractivity contribution in [2.45, 2.75) is 39.2 Å². The van der Waals surface area contributed by atoms with Crippen molar-refractivity contribution in [3.8, 4) is 0 Å². The third-order valence-electron chi connectivity index (χ3n) is 3.18. The van der Waals surface area contributed by atoms with Crippen LogP contribution in [0.5, 0.6) is 0 Å². The van der Waals surface area contributed by atoms with E-state index in [0.717, 1.165) is 12.8 Å². The standard InChI is InChI=1S/C10H18O/c1-7(2)9-5-6-10(4,11)8(9)3/h8-9,11H,1,5-6H2,2-4H3/t8-,9-,10+/m0/s1. The number of aliphatic hydroxyl groups is 1. The van der Waals surface area contributed by atoms with Gasteiger partial charge < -0.3 is 5.11 Å². The van der Waals surface area contributed by atoms with Gasteiger partial charge in [-0.3, -0.25) is 0 Å². The first-order chi connectivity index (χ1) is 4.95. The molecular formula is C10H18O. The van der Waals surface area contributed by atoms with Crippen LogP contribution in [0.4, 0.5) is 0 Å². The fourth-order valence-corrected chi connectivity index (χ4v) is 2.03. The molecule has 0 aromatic carbocycles. The molecule has 0 aliphatic heterocycles. The van der Waals surface area contributed by atoms with E-state index in [2.05, 4.69) is 20.4 Å². The average molecular weight is 154 g/mol. The summed E-state index contributed by atoms with van der Waals surface area (Å²) in [5, 5.41) is 9.84. The molecule has 0 aromatic rings. The maximum atomic E-state index is 9.84. The van der Waals surface area contributed by atoms with Gasteiger partial charge in [-0.15, -0.1) is 0 Å². The van der Waals surface area contributed by atoms with E-state index in [1.807, 2.05) is 6.92 Å². The Hall–Kier alpha value is -0.300. The van der Waals surface area contributed by atoms with Crippen LogP contribution in [0.1, 0.15) is 33.6 Å². The molecule has 1 aliphatic rings. The van der Waals surface area contributed by atoms with Gasteiger partial charge in [-0.25, -0.2) is 0 Å². The first-order valence-electron chi connectivity index (χ1n) is 4.33. The second kappa shape index (κ2) is 2.63. The zero-order chi connectivity index (χ0) is 8.65. The van der Waals surface area contributed by atoms with Crippen LogP contribution < -0.4 is 0 Å². The Kier molecular flexibility index (Phi) is 2.10. The minimum atomic E-state index is -0.455. The summed E-state index contributed by atoms with van der Waals surface area (Å²) in [5.41, 5.74) is 0.763.